The van der Waals surface area contributed by atoms with Gasteiger partial charge in [-0.05, 0) is 25.1 Å². The number of halogens is 3. The van der Waals surface area contributed by atoms with Crippen molar-refractivity contribution in [1.29, 1.82) is 0 Å². The molecular formula is C19H19F3N4O8. The highest BCUT2D eigenvalue weighted by Crippen LogP contribution is 2.46. The van der Waals surface area contributed by atoms with E-state index in [1.54, 1.807) is 31.6 Å². The number of carboxylic acids is 1. The van der Waals surface area contributed by atoms with Crippen molar-refractivity contribution < 1.29 is 52.0 Å². The van der Waals surface area contributed by atoms with E-state index in [1.807, 2.05) is 0 Å². The fourth-order valence-electron chi connectivity index (χ4n) is 3.90. The molecule has 0 spiro atoms. The van der Waals surface area contributed by atoms with E-state index in [0.29, 0.717) is 24.2 Å². The lowest BCUT2D eigenvalue weighted by Gasteiger charge is -2.48. The molecule has 12 nitrogen and oxygen atoms in total. The van der Waals surface area contributed by atoms with Crippen LogP contribution in [-0.4, -0.2) is 82.7 Å². The quantitative estimate of drug-likeness (QED) is 0.418. The normalized spacial score (nSPS) is 22.6. The van der Waals surface area contributed by atoms with E-state index in [4.69, 9.17) is 24.5 Å². The molecule has 1 unspecified atom stereocenters. The number of pyridine rings is 1. The molecule has 3 atom stereocenters. The van der Waals surface area contributed by atoms with Crippen LogP contribution in [0.3, 0.4) is 0 Å². The van der Waals surface area contributed by atoms with Crippen LogP contribution in [0.5, 0.6) is 0 Å². The molecule has 0 bridgehead atoms. The molecular weight excluding hydrogens is 469 g/mol. The van der Waals surface area contributed by atoms with E-state index >= 15 is 0 Å². The number of carboxylic acid groups (broad SMARTS) is 2. The van der Waals surface area contributed by atoms with Gasteiger partial charge in [-0.15, -0.1) is 0 Å². The van der Waals surface area contributed by atoms with Gasteiger partial charge in [-0.25, -0.2) is 14.4 Å². The van der Waals surface area contributed by atoms with Crippen LogP contribution in [0.15, 0.2) is 36.0 Å². The first-order valence-corrected chi connectivity index (χ1v) is 9.74. The lowest BCUT2D eigenvalue weighted by molar-refractivity contribution is -0.192. The van der Waals surface area contributed by atoms with Crippen molar-refractivity contribution in [1.82, 2.24) is 15.2 Å². The summed E-state index contributed by atoms with van der Waals surface area (Å²) < 4.78 is 42.0. The smallest absolute Gasteiger partial charge is 0.475 e. The molecule has 0 aliphatic carbocycles. The molecule has 0 saturated carbocycles. The highest BCUT2D eigenvalue weighted by Gasteiger charge is 2.61. The summed E-state index contributed by atoms with van der Waals surface area (Å²) in [7, 11) is 1.56. The number of aromatic nitrogens is 1. The van der Waals surface area contributed by atoms with E-state index in [2.05, 4.69) is 10.3 Å². The van der Waals surface area contributed by atoms with Crippen LogP contribution in [0.25, 0.3) is 0 Å². The number of amides is 2. The molecule has 34 heavy (non-hydrogen) atoms. The van der Waals surface area contributed by atoms with E-state index in [-0.39, 0.29) is 36.4 Å². The Morgan fingerprint density at radius 1 is 1.26 bits per heavy atom. The molecule has 3 aliphatic rings. The van der Waals surface area contributed by atoms with Crippen LogP contribution >= 0.6 is 0 Å². The molecule has 4 heterocycles. The standard InChI is InChI=1S/C17H18N4O6.C2HF3O2/c1-20(9-2-5-18-6-3-9)16(23)26-8-11-10-4-7-19-12-13(10)21(14(12)22)15(11)27-17(24)25;3-2(4,5)1(6)7/h2-3,5-6,10,12-13,19H,4,7-8H2,1H3,(H,24,25);(H,6,7)/t10?,12-,13+;/m0./s1. The minimum Gasteiger partial charge on any atom is -0.475 e. The summed E-state index contributed by atoms with van der Waals surface area (Å²) in [6, 6.07) is 2.80. The monoisotopic (exact) mass is 488 g/mol. The Kier molecular flexibility index (Phi) is 6.95. The number of alkyl halides is 3. The lowest BCUT2D eigenvalue weighted by Crippen LogP contribution is -2.71. The molecule has 1 aromatic heterocycles. The second-order valence-corrected chi connectivity index (χ2v) is 7.35. The van der Waals surface area contributed by atoms with Gasteiger partial charge in [0.25, 0.3) is 0 Å². The van der Waals surface area contributed by atoms with Crippen molar-refractivity contribution in [2.45, 2.75) is 24.7 Å². The van der Waals surface area contributed by atoms with Crippen molar-refractivity contribution in [2.75, 3.05) is 25.1 Å². The fraction of sp³-hybridized carbons (Fsp3) is 0.421. The first kappa shape index (κ1) is 24.8. The van der Waals surface area contributed by atoms with Gasteiger partial charge in [0, 0.05) is 36.6 Å². The zero-order valence-corrected chi connectivity index (χ0v) is 17.5. The van der Waals surface area contributed by atoms with Crippen LogP contribution in [0.2, 0.25) is 0 Å². The number of aliphatic carboxylic acids is 1. The summed E-state index contributed by atoms with van der Waals surface area (Å²) in [6.45, 7) is 0.481. The molecule has 1 aromatic rings. The van der Waals surface area contributed by atoms with Crippen LogP contribution in [0, 0.1) is 5.92 Å². The van der Waals surface area contributed by atoms with Crippen molar-refractivity contribution in [3.05, 3.63) is 36.0 Å². The van der Waals surface area contributed by atoms with Crippen molar-refractivity contribution in [2.24, 2.45) is 5.92 Å². The van der Waals surface area contributed by atoms with Gasteiger partial charge in [0.1, 0.15) is 12.6 Å². The molecule has 2 fully saturated rings. The Morgan fingerprint density at radius 2 is 1.88 bits per heavy atom. The summed E-state index contributed by atoms with van der Waals surface area (Å²) >= 11 is 0. The minimum atomic E-state index is -5.08. The second-order valence-electron chi connectivity index (χ2n) is 7.35. The number of carbonyl (C=O) groups excluding carboxylic acids is 2. The number of β-lactam (4-membered cyclic amide) rings is 1. The first-order chi connectivity index (χ1) is 15.9. The molecule has 3 N–H and O–H groups in total. The maximum absolute atomic E-state index is 12.4. The van der Waals surface area contributed by atoms with Crippen LogP contribution in [0.4, 0.5) is 28.4 Å². The highest BCUT2D eigenvalue weighted by atomic mass is 19.4. The Bertz CT molecular complexity index is 1020. The number of rotatable bonds is 4. The zero-order chi connectivity index (χ0) is 25.2. The van der Waals surface area contributed by atoms with Gasteiger partial charge in [0.05, 0.1) is 6.04 Å². The molecule has 2 saturated heterocycles. The Morgan fingerprint density at radius 3 is 2.44 bits per heavy atom. The maximum Gasteiger partial charge on any atom is 0.512 e. The van der Waals surface area contributed by atoms with E-state index in [1.165, 1.54) is 9.80 Å². The summed E-state index contributed by atoms with van der Waals surface area (Å²) in [5.74, 6) is -3.10. The van der Waals surface area contributed by atoms with Crippen molar-refractivity contribution in [3.8, 4) is 0 Å². The third-order valence-electron chi connectivity index (χ3n) is 5.42. The second kappa shape index (κ2) is 9.54. The molecule has 184 valence electrons. The number of nitrogens with one attached hydrogen (secondary N) is 1. The number of ether oxygens (including phenoxy) is 2. The highest BCUT2D eigenvalue weighted by molar-refractivity contribution is 5.93. The van der Waals surface area contributed by atoms with Gasteiger partial charge in [-0.2, -0.15) is 13.2 Å². The fourth-order valence-corrected chi connectivity index (χ4v) is 3.90. The van der Waals surface area contributed by atoms with E-state index in [0.717, 1.165) is 0 Å². The van der Waals surface area contributed by atoms with Crippen LogP contribution < -0.4 is 10.2 Å². The molecule has 4 rings (SSSR count). The van der Waals surface area contributed by atoms with Crippen LogP contribution in [-0.2, 0) is 19.1 Å². The Hall–Kier alpha value is -3.88. The third-order valence-corrected chi connectivity index (χ3v) is 5.42. The molecule has 0 radical (unpaired) electrons. The average Bonchev–Trinajstić information content (AvgIpc) is 3.08. The van der Waals surface area contributed by atoms with Gasteiger partial charge in [0.15, 0.2) is 0 Å². The number of hydrogen-bond acceptors (Lipinski definition) is 8. The summed E-state index contributed by atoms with van der Waals surface area (Å²) in [6.07, 6.45) is -3.38. The number of anilines is 1. The largest absolute Gasteiger partial charge is 0.512 e. The zero-order valence-electron chi connectivity index (χ0n) is 17.5. The minimum absolute atomic E-state index is 0.0261. The molecule has 2 amide bonds. The number of nitrogens with zero attached hydrogens (tertiary/aromatic N) is 3. The first-order valence-electron chi connectivity index (χ1n) is 9.74. The van der Waals surface area contributed by atoms with E-state index < -0.39 is 24.4 Å². The van der Waals surface area contributed by atoms with Crippen molar-refractivity contribution in [3.63, 3.8) is 0 Å². The summed E-state index contributed by atoms with van der Waals surface area (Å²) in [5.41, 5.74) is 1.13. The summed E-state index contributed by atoms with van der Waals surface area (Å²) in [4.78, 5) is 51.2. The number of piperidine rings is 1. The SMILES string of the molecule is CN(C(=O)OCC1=C(OC(=O)O)N2C(=O)[C@H]3NCCC1[C@H]32)c1ccncc1.O=C(O)C(F)(F)F. The maximum atomic E-state index is 12.4. The predicted octanol–water partition coefficient (Wildman–Crippen LogP) is 1.40. The predicted molar refractivity (Wildman–Crippen MR) is 104 cm³/mol. The molecule has 0 aromatic carbocycles. The number of carbonyl (C=O) groups is 4. The molecule has 15 heteroatoms. The third kappa shape index (κ3) is 4.88. The average molecular weight is 488 g/mol. The van der Waals surface area contributed by atoms with Gasteiger partial charge in [0.2, 0.25) is 11.8 Å². The van der Waals surface area contributed by atoms with Gasteiger partial charge in [-0.1, -0.05) is 0 Å². The lowest BCUT2D eigenvalue weighted by atomic mass is 9.79. The number of hydrogen-bond donors (Lipinski definition) is 3. The van der Waals surface area contributed by atoms with E-state index in [9.17, 15) is 27.6 Å². The summed E-state index contributed by atoms with van der Waals surface area (Å²) in [5, 5.41) is 19.3. The topological polar surface area (TPSA) is 159 Å². The Labute approximate surface area is 189 Å². The van der Waals surface area contributed by atoms with Gasteiger partial charge in [-0.3, -0.25) is 19.6 Å². The van der Waals surface area contributed by atoms with Gasteiger partial charge >= 0.3 is 24.4 Å². The van der Waals surface area contributed by atoms with Gasteiger partial charge < -0.3 is 25.0 Å². The van der Waals surface area contributed by atoms with Crippen molar-refractivity contribution >= 4 is 29.8 Å². The van der Waals surface area contributed by atoms with Crippen LogP contribution in [0.1, 0.15) is 6.42 Å². The molecule has 3 aliphatic heterocycles. The Balaban J connectivity index is 0.000000406.